The Kier molecular flexibility index (Phi) is 5.49. The van der Waals surface area contributed by atoms with Gasteiger partial charge in [-0.1, -0.05) is 36.4 Å². The maximum Gasteiger partial charge on any atom is 0.247 e. The van der Waals surface area contributed by atoms with Gasteiger partial charge < -0.3 is 9.15 Å². The minimum Gasteiger partial charge on any atom is -0.497 e. The average Bonchev–Trinajstić information content (AvgIpc) is 3.19. The Morgan fingerprint density at radius 2 is 1.85 bits per heavy atom. The summed E-state index contributed by atoms with van der Waals surface area (Å²) in [6.45, 7) is 2.87. The van der Waals surface area contributed by atoms with Crippen LogP contribution < -0.4 is 4.74 Å². The van der Waals surface area contributed by atoms with Crippen molar-refractivity contribution in [3.8, 4) is 17.2 Å². The van der Waals surface area contributed by atoms with Crippen LogP contribution in [0.4, 0.5) is 0 Å². The second kappa shape index (κ2) is 8.35. The highest BCUT2D eigenvalue weighted by atomic mass is 16.5. The van der Waals surface area contributed by atoms with Gasteiger partial charge in [0.2, 0.25) is 11.8 Å². The molecule has 0 radical (unpaired) electrons. The predicted octanol–water partition coefficient (Wildman–Crippen LogP) is 4.20. The van der Waals surface area contributed by atoms with Crippen molar-refractivity contribution in [3.05, 3.63) is 66.1 Å². The molecular formula is C22H25N3O2. The summed E-state index contributed by atoms with van der Waals surface area (Å²) in [5.74, 6) is 2.77. The average molecular weight is 363 g/mol. The quantitative estimate of drug-likeness (QED) is 0.657. The van der Waals surface area contributed by atoms with E-state index in [1.165, 1.54) is 24.8 Å². The third-order valence-electron chi connectivity index (χ3n) is 5.22. The standard InChI is InChI=1S/C22H25N3O2/c1-26-20-9-5-8-19(15-20)22-24-23-21(27-22)16-25-12-10-18(11-13-25)14-17-6-3-2-4-7-17/h2-9,15,18H,10-14,16H2,1H3. The van der Waals surface area contributed by atoms with Crippen molar-refractivity contribution in [2.45, 2.75) is 25.8 Å². The first-order valence-corrected chi connectivity index (χ1v) is 9.53. The minimum absolute atomic E-state index is 0.544. The maximum absolute atomic E-state index is 5.87. The van der Waals surface area contributed by atoms with Gasteiger partial charge in [0.05, 0.1) is 13.7 Å². The van der Waals surface area contributed by atoms with Crippen LogP contribution in [0.3, 0.4) is 0 Å². The molecular weight excluding hydrogens is 338 g/mol. The molecule has 5 nitrogen and oxygen atoms in total. The zero-order valence-electron chi connectivity index (χ0n) is 15.7. The van der Waals surface area contributed by atoms with E-state index >= 15 is 0 Å². The highest BCUT2D eigenvalue weighted by molar-refractivity contribution is 5.55. The number of likely N-dealkylation sites (tertiary alicyclic amines) is 1. The number of benzene rings is 2. The van der Waals surface area contributed by atoms with E-state index in [0.29, 0.717) is 11.8 Å². The highest BCUT2D eigenvalue weighted by Crippen LogP contribution is 2.25. The van der Waals surface area contributed by atoms with Gasteiger partial charge in [-0.15, -0.1) is 10.2 Å². The van der Waals surface area contributed by atoms with Crippen molar-refractivity contribution in [2.75, 3.05) is 20.2 Å². The van der Waals surface area contributed by atoms with Crippen LogP contribution in [-0.4, -0.2) is 35.3 Å². The van der Waals surface area contributed by atoms with Crippen LogP contribution in [0.1, 0.15) is 24.3 Å². The van der Waals surface area contributed by atoms with E-state index in [2.05, 4.69) is 45.4 Å². The molecule has 0 atom stereocenters. The first-order valence-electron chi connectivity index (χ1n) is 9.53. The summed E-state index contributed by atoms with van der Waals surface area (Å²) in [6, 6.07) is 18.5. The van der Waals surface area contributed by atoms with E-state index in [9.17, 15) is 0 Å². The first kappa shape index (κ1) is 17.7. The summed E-state index contributed by atoms with van der Waals surface area (Å²) < 4.78 is 11.1. The van der Waals surface area contributed by atoms with E-state index in [4.69, 9.17) is 9.15 Å². The Labute approximate surface area is 160 Å². The molecule has 0 saturated carbocycles. The normalized spacial score (nSPS) is 15.7. The molecule has 5 heteroatoms. The summed E-state index contributed by atoms with van der Waals surface area (Å²) in [5, 5.41) is 8.43. The zero-order chi connectivity index (χ0) is 18.5. The number of rotatable bonds is 6. The molecule has 1 aromatic heterocycles. The van der Waals surface area contributed by atoms with Crippen LogP contribution in [-0.2, 0) is 13.0 Å². The Morgan fingerprint density at radius 1 is 1.04 bits per heavy atom. The molecule has 0 N–H and O–H groups in total. The summed E-state index contributed by atoms with van der Waals surface area (Å²) in [5.41, 5.74) is 2.32. The van der Waals surface area contributed by atoms with Gasteiger partial charge in [0, 0.05) is 5.56 Å². The first-order chi connectivity index (χ1) is 13.3. The topological polar surface area (TPSA) is 51.4 Å². The van der Waals surface area contributed by atoms with Crippen molar-refractivity contribution in [3.63, 3.8) is 0 Å². The fourth-order valence-corrected chi connectivity index (χ4v) is 3.68. The lowest BCUT2D eigenvalue weighted by atomic mass is 9.90. The number of hydrogen-bond acceptors (Lipinski definition) is 5. The van der Waals surface area contributed by atoms with E-state index in [1.54, 1.807) is 7.11 Å². The molecule has 0 amide bonds. The molecule has 4 rings (SSSR count). The van der Waals surface area contributed by atoms with Gasteiger partial charge in [-0.2, -0.15) is 0 Å². The number of methoxy groups -OCH3 is 1. The van der Waals surface area contributed by atoms with E-state index in [1.807, 2.05) is 24.3 Å². The van der Waals surface area contributed by atoms with Gasteiger partial charge in [0.15, 0.2) is 0 Å². The van der Waals surface area contributed by atoms with E-state index in [-0.39, 0.29) is 0 Å². The lowest BCUT2D eigenvalue weighted by Crippen LogP contribution is -2.33. The van der Waals surface area contributed by atoms with Crippen LogP contribution in [0.5, 0.6) is 5.75 Å². The SMILES string of the molecule is COc1cccc(-c2nnc(CN3CCC(Cc4ccccc4)CC3)o2)c1. The van der Waals surface area contributed by atoms with E-state index in [0.717, 1.165) is 36.9 Å². The largest absolute Gasteiger partial charge is 0.497 e. The Bertz CT molecular complexity index is 855. The number of nitrogens with zero attached hydrogens (tertiary/aromatic N) is 3. The maximum atomic E-state index is 5.87. The lowest BCUT2D eigenvalue weighted by Gasteiger charge is -2.31. The Balaban J connectivity index is 1.31. The molecule has 0 unspecified atom stereocenters. The fourth-order valence-electron chi connectivity index (χ4n) is 3.68. The monoisotopic (exact) mass is 363 g/mol. The third-order valence-corrected chi connectivity index (χ3v) is 5.22. The molecule has 27 heavy (non-hydrogen) atoms. The van der Waals surface area contributed by atoms with Crippen molar-refractivity contribution < 1.29 is 9.15 Å². The zero-order valence-corrected chi connectivity index (χ0v) is 15.7. The molecule has 0 aliphatic carbocycles. The number of ether oxygens (including phenoxy) is 1. The van der Waals surface area contributed by atoms with Gasteiger partial charge in [-0.05, 0) is 62.0 Å². The van der Waals surface area contributed by atoms with Gasteiger partial charge in [-0.3, -0.25) is 4.90 Å². The smallest absolute Gasteiger partial charge is 0.247 e. The van der Waals surface area contributed by atoms with Gasteiger partial charge in [0.1, 0.15) is 5.75 Å². The molecule has 1 aliphatic rings. The Hall–Kier alpha value is -2.66. The summed E-state index contributed by atoms with van der Waals surface area (Å²) in [6.07, 6.45) is 3.60. The van der Waals surface area contributed by atoms with Crippen molar-refractivity contribution in [2.24, 2.45) is 5.92 Å². The lowest BCUT2D eigenvalue weighted by molar-refractivity contribution is 0.164. The third kappa shape index (κ3) is 4.55. The molecule has 1 fully saturated rings. The summed E-state index contributed by atoms with van der Waals surface area (Å²) >= 11 is 0. The van der Waals surface area contributed by atoms with Crippen molar-refractivity contribution >= 4 is 0 Å². The van der Waals surface area contributed by atoms with Gasteiger partial charge in [-0.25, -0.2) is 0 Å². The molecule has 0 spiro atoms. The van der Waals surface area contributed by atoms with Crippen LogP contribution in [0.25, 0.3) is 11.5 Å². The van der Waals surface area contributed by atoms with Crippen LogP contribution in [0.2, 0.25) is 0 Å². The van der Waals surface area contributed by atoms with Crippen LogP contribution in [0, 0.1) is 5.92 Å². The number of hydrogen-bond donors (Lipinski definition) is 0. The van der Waals surface area contributed by atoms with Crippen molar-refractivity contribution in [1.29, 1.82) is 0 Å². The highest BCUT2D eigenvalue weighted by Gasteiger charge is 2.21. The minimum atomic E-state index is 0.544. The van der Waals surface area contributed by atoms with E-state index < -0.39 is 0 Å². The second-order valence-corrected chi connectivity index (χ2v) is 7.14. The van der Waals surface area contributed by atoms with Crippen molar-refractivity contribution in [1.82, 2.24) is 15.1 Å². The van der Waals surface area contributed by atoms with Gasteiger partial charge in [0.25, 0.3) is 0 Å². The predicted molar refractivity (Wildman–Crippen MR) is 104 cm³/mol. The van der Waals surface area contributed by atoms with Crippen LogP contribution >= 0.6 is 0 Å². The number of piperidine rings is 1. The molecule has 2 aromatic carbocycles. The molecule has 0 bridgehead atoms. The molecule has 1 aliphatic heterocycles. The summed E-state index contributed by atoms with van der Waals surface area (Å²) in [7, 11) is 1.65. The van der Waals surface area contributed by atoms with Gasteiger partial charge >= 0.3 is 0 Å². The van der Waals surface area contributed by atoms with Crippen LogP contribution in [0.15, 0.2) is 59.0 Å². The Morgan fingerprint density at radius 3 is 2.63 bits per heavy atom. The molecule has 1 saturated heterocycles. The fraction of sp³-hybridized carbons (Fsp3) is 0.364. The molecule has 2 heterocycles. The molecule has 140 valence electrons. The molecule has 3 aromatic rings. The summed E-state index contributed by atoms with van der Waals surface area (Å²) in [4.78, 5) is 2.41. The second-order valence-electron chi connectivity index (χ2n) is 7.14. The number of aromatic nitrogens is 2.